The first-order valence-electron chi connectivity index (χ1n) is 5.51. The Hall–Kier alpha value is -1.47. The highest BCUT2D eigenvalue weighted by atomic mass is 16.5. The Bertz CT molecular complexity index is 406. The fourth-order valence-electron chi connectivity index (χ4n) is 1.80. The minimum atomic E-state index is -0.313. The number of carbonyl (C=O) groups is 1. The minimum Gasteiger partial charge on any atom is -0.394 e. The Morgan fingerprint density at radius 2 is 2.47 bits per heavy atom. The molecular formula is C10H16N4O3. The van der Waals surface area contributed by atoms with Crippen molar-refractivity contribution < 1.29 is 14.6 Å². The number of hydrogen-bond donors (Lipinski definition) is 1. The highest BCUT2D eigenvalue weighted by Crippen LogP contribution is 2.14. The molecule has 2 unspecified atom stereocenters. The summed E-state index contributed by atoms with van der Waals surface area (Å²) in [5.41, 5.74) is 0.318. The Morgan fingerprint density at radius 3 is 3.06 bits per heavy atom. The SMILES string of the molecule is CC1COC(CO)CN1C(=O)c1cnn(C)n1. The van der Waals surface area contributed by atoms with E-state index in [1.807, 2.05) is 6.92 Å². The molecular weight excluding hydrogens is 224 g/mol. The fourth-order valence-corrected chi connectivity index (χ4v) is 1.80. The van der Waals surface area contributed by atoms with Crippen LogP contribution in [-0.2, 0) is 11.8 Å². The monoisotopic (exact) mass is 240 g/mol. The van der Waals surface area contributed by atoms with Gasteiger partial charge in [-0.1, -0.05) is 0 Å². The van der Waals surface area contributed by atoms with Crippen LogP contribution >= 0.6 is 0 Å². The van der Waals surface area contributed by atoms with Crippen molar-refractivity contribution >= 4 is 5.91 Å². The molecule has 1 saturated heterocycles. The molecule has 0 saturated carbocycles. The molecule has 2 atom stereocenters. The quantitative estimate of drug-likeness (QED) is 0.720. The van der Waals surface area contributed by atoms with Gasteiger partial charge in [0.15, 0.2) is 5.69 Å². The third-order valence-electron chi connectivity index (χ3n) is 2.79. The second-order valence-electron chi connectivity index (χ2n) is 4.16. The van der Waals surface area contributed by atoms with Gasteiger partial charge in [0.1, 0.15) is 0 Å². The first-order chi connectivity index (χ1) is 8.11. The number of ether oxygens (including phenoxy) is 1. The van der Waals surface area contributed by atoms with E-state index < -0.39 is 0 Å². The van der Waals surface area contributed by atoms with Crippen molar-refractivity contribution in [2.24, 2.45) is 7.05 Å². The first kappa shape index (κ1) is 12.0. The molecule has 7 nitrogen and oxygen atoms in total. The zero-order valence-corrected chi connectivity index (χ0v) is 9.91. The van der Waals surface area contributed by atoms with Crippen LogP contribution in [0.4, 0.5) is 0 Å². The van der Waals surface area contributed by atoms with E-state index in [2.05, 4.69) is 10.2 Å². The highest BCUT2D eigenvalue weighted by molar-refractivity contribution is 5.92. The van der Waals surface area contributed by atoms with Crippen LogP contribution in [0.5, 0.6) is 0 Å². The first-order valence-corrected chi connectivity index (χ1v) is 5.51. The van der Waals surface area contributed by atoms with Crippen molar-refractivity contribution in [3.63, 3.8) is 0 Å². The van der Waals surface area contributed by atoms with Gasteiger partial charge in [0, 0.05) is 13.6 Å². The molecule has 1 fully saturated rings. The minimum absolute atomic E-state index is 0.0210. The van der Waals surface area contributed by atoms with Gasteiger partial charge >= 0.3 is 0 Å². The van der Waals surface area contributed by atoms with Crippen LogP contribution in [0.25, 0.3) is 0 Å². The Kier molecular flexibility index (Phi) is 3.39. The van der Waals surface area contributed by atoms with Gasteiger partial charge in [-0.3, -0.25) is 4.79 Å². The van der Waals surface area contributed by atoms with Gasteiger partial charge in [-0.2, -0.15) is 9.90 Å². The van der Waals surface area contributed by atoms with Crippen LogP contribution < -0.4 is 0 Å². The number of aliphatic hydroxyl groups excluding tert-OH is 1. The molecule has 1 aromatic rings. The molecule has 1 amide bonds. The maximum absolute atomic E-state index is 12.2. The van der Waals surface area contributed by atoms with E-state index in [0.717, 1.165) is 0 Å². The molecule has 0 aromatic carbocycles. The lowest BCUT2D eigenvalue weighted by Crippen LogP contribution is -2.52. The Labute approximate surface area is 99.0 Å². The molecule has 1 aliphatic rings. The van der Waals surface area contributed by atoms with Gasteiger partial charge in [0.2, 0.25) is 0 Å². The van der Waals surface area contributed by atoms with Crippen LogP contribution in [0, 0.1) is 0 Å². The summed E-state index contributed by atoms with van der Waals surface area (Å²) in [5.74, 6) is -0.174. The van der Waals surface area contributed by atoms with Gasteiger partial charge in [-0.15, -0.1) is 5.10 Å². The van der Waals surface area contributed by atoms with Crippen molar-refractivity contribution in [1.29, 1.82) is 0 Å². The lowest BCUT2D eigenvalue weighted by atomic mass is 10.2. The van der Waals surface area contributed by atoms with Gasteiger partial charge < -0.3 is 14.7 Å². The van der Waals surface area contributed by atoms with Crippen LogP contribution in [0.2, 0.25) is 0 Å². The standard InChI is InChI=1S/C10H16N4O3/c1-7-6-17-8(5-15)4-14(7)10(16)9-3-11-13(2)12-9/h3,7-8,15H,4-6H2,1-2H3. The van der Waals surface area contributed by atoms with Gasteiger partial charge in [0.05, 0.1) is 31.6 Å². The highest BCUT2D eigenvalue weighted by Gasteiger charge is 2.31. The fraction of sp³-hybridized carbons (Fsp3) is 0.700. The average molecular weight is 240 g/mol. The second kappa shape index (κ2) is 4.80. The van der Waals surface area contributed by atoms with Crippen LogP contribution in [0.15, 0.2) is 6.20 Å². The normalized spacial score (nSPS) is 25.0. The molecule has 1 aromatic heterocycles. The zero-order valence-electron chi connectivity index (χ0n) is 9.91. The predicted octanol–water partition coefficient (Wildman–Crippen LogP) is -0.963. The summed E-state index contributed by atoms with van der Waals surface area (Å²) in [7, 11) is 1.66. The molecule has 1 N–H and O–H groups in total. The summed E-state index contributed by atoms with van der Waals surface area (Å²) in [4.78, 5) is 15.2. The molecule has 94 valence electrons. The molecule has 0 spiro atoms. The van der Waals surface area contributed by atoms with E-state index in [1.165, 1.54) is 11.0 Å². The van der Waals surface area contributed by atoms with Gasteiger partial charge in [-0.05, 0) is 6.92 Å². The van der Waals surface area contributed by atoms with Crippen molar-refractivity contribution in [3.8, 4) is 0 Å². The van der Waals surface area contributed by atoms with Crippen molar-refractivity contribution in [2.75, 3.05) is 19.8 Å². The van der Waals surface area contributed by atoms with Crippen LogP contribution in [0.3, 0.4) is 0 Å². The summed E-state index contributed by atoms with van der Waals surface area (Å²) in [6.45, 7) is 2.63. The maximum atomic E-state index is 12.2. The number of aromatic nitrogens is 3. The van der Waals surface area contributed by atoms with Gasteiger partial charge in [0.25, 0.3) is 5.91 Å². The summed E-state index contributed by atoms with van der Waals surface area (Å²) < 4.78 is 5.38. The number of hydrogen-bond acceptors (Lipinski definition) is 5. The maximum Gasteiger partial charge on any atom is 0.276 e. The molecule has 17 heavy (non-hydrogen) atoms. The van der Waals surface area contributed by atoms with Crippen LogP contribution in [0.1, 0.15) is 17.4 Å². The predicted molar refractivity (Wildman–Crippen MR) is 58.3 cm³/mol. The summed E-state index contributed by atoms with van der Waals surface area (Å²) in [6, 6.07) is -0.0210. The van der Waals surface area contributed by atoms with Crippen molar-refractivity contribution in [3.05, 3.63) is 11.9 Å². The lowest BCUT2D eigenvalue weighted by molar-refractivity contribution is -0.0668. The third kappa shape index (κ3) is 2.45. The Balaban J connectivity index is 2.12. The van der Waals surface area contributed by atoms with Crippen molar-refractivity contribution in [1.82, 2.24) is 19.9 Å². The number of carbonyl (C=O) groups excluding carboxylic acids is 1. The second-order valence-corrected chi connectivity index (χ2v) is 4.16. The van der Waals surface area contributed by atoms with E-state index in [9.17, 15) is 4.79 Å². The van der Waals surface area contributed by atoms with E-state index >= 15 is 0 Å². The molecule has 7 heteroatoms. The summed E-state index contributed by atoms with van der Waals surface area (Å²) in [5, 5.41) is 16.9. The molecule has 2 rings (SSSR count). The van der Waals surface area contributed by atoms with Crippen molar-refractivity contribution in [2.45, 2.75) is 19.1 Å². The Morgan fingerprint density at radius 1 is 1.71 bits per heavy atom. The molecule has 1 aliphatic heterocycles. The number of morpholine rings is 1. The number of amides is 1. The molecule has 0 radical (unpaired) electrons. The van der Waals surface area contributed by atoms with Gasteiger partial charge in [-0.25, -0.2) is 0 Å². The van der Waals surface area contributed by atoms with E-state index in [-0.39, 0.29) is 24.7 Å². The van der Waals surface area contributed by atoms with E-state index in [1.54, 1.807) is 11.9 Å². The van der Waals surface area contributed by atoms with Crippen LogP contribution in [-0.4, -0.2) is 62.8 Å². The molecule has 0 aliphatic carbocycles. The number of aliphatic hydroxyl groups is 1. The lowest BCUT2D eigenvalue weighted by Gasteiger charge is -2.36. The molecule has 0 bridgehead atoms. The third-order valence-corrected chi connectivity index (χ3v) is 2.79. The zero-order chi connectivity index (χ0) is 12.4. The smallest absolute Gasteiger partial charge is 0.276 e. The average Bonchev–Trinajstić information content (AvgIpc) is 2.76. The largest absolute Gasteiger partial charge is 0.394 e. The number of aryl methyl sites for hydroxylation is 1. The summed E-state index contributed by atoms with van der Waals surface area (Å²) >= 11 is 0. The van der Waals surface area contributed by atoms with E-state index in [4.69, 9.17) is 9.84 Å². The summed E-state index contributed by atoms with van der Waals surface area (Å²) in [6.07, 6.45) is 1.13. The van der Waals surface area contributed by atoms with E-state index in [0.29, 0.717) is 18.8 Å². The number of nitrogens with zero attached hydrogens (tertiary/aromatic N) is 4. The number of rotatable bonds is 2. The topological polar surface area (TPSA) is 80.5 Å². The molecule has 2 heterocycles.